The average molecular weight is 765 g/mol. The molecule has 0 spiro atoms. The van der Waals surface area contributed by atoms with E-state index >= 15 is 0 Å². The molecule has 0 N–H and O–H groups in total. The first kappa shape index (κ1) is 34.8. The standard InChI is InChI=1S/C56H32N2O2/c57-33-38-14-4-6-16-44(38)42-26-40(27-43(28-42)45-17-7-5-15-39(45)34-58)41-31-48(36-22-24-54-50(29-36)46-18-8-10-20-52(46)59-54)56(35-12-2-1-3-13-35)49(32-41)37-23-25-55-51(30-37)47-19-9-11-21-53(47)60-55/h1-32H. The van der Waals surface area contributed by atoms with Gasteiger partial charge in [-0.3, -0.25) is 0 Å². The second-order valence-corrected chi connectivity index (χ2v) is 15.0. The van der Waals surface area contributed by atoms with Crippen molar-refractivity contribution in [2.24, 2.45) is 0 Å². The van der Waals surface area contributed by atoms with E-state index in [0.29, 0.717) is 11.1 Å². The number of benzene rings is 9. The molecular formula is C56H32N2O2. The van der Waals surface area contributed by atoms with E-state index in [1.165, 1.54) is 0 Å². The Morgan fingerprint density at radius 2 is 0.700 bits per heavy atom. The molecule has 0 bridgehead atoms. The maximum atomic E-state index is 10.2. The van der Waals surface area contributed by atoms with Gasteiger partial charge < -0.3 is 8.83 Å². The number of rotatable bonds is 6. The van der Waals surface area contributed by atoms with Crippen LogP contribution in [-0.2, 0) is 0 Å². The molecule has 11 aromatic rings. The molecule has 60 heavy (non-hydrogen) atoms. The molecule has 0 saturated heterocycles. The Labute approximate surface area is 346 Å². The monoisotopic (exact) mass is 764 g/mol. The summed E-state index contributed by atoms with van der Waals surface area (Å²) >= 11 is 0. The summed E-state index contributed by atoms with van der Waals surface area (Å²) in [6.07, 6.45) is 0. The smallest absolute Gasteiger partial charge is 0.135 e. The maximum absolute atomic E-state index is 10.2. The number of nitrogens with zero attached hydrogens (tertiary/aromatic N) is 2. The highest BCUT2D eigenvalue weighted by Crippen LogP contribution is 2.47. The molecule has 0 unspecified atom stereocenters. The van der Waals surface area contributed by atoms with Crippen molar-refractivity contribution in [3.63, 3.8) is 0 Å². The van der Waals surface area contributed by atoms with E-state index in [9.17, 15) is 10.5 Å². The molecular weight excluding hydrogens is 733 g/mol. The zero-order valence-corrected chi connectivity index (χ0v) is 32.2. The van der Waals surface area contributed by atoms with Gasteiger partial charge >= 0.3 is 0 Å². The lowest BCUT2D eigenvalue weighted by atomic mass is 9.83. The fraction of sp³-hybridized carbons (Fsp3) is 0. The third-order valence-electron chi connectivity index (χ3n) is 11.6. The van der Waals surface area contributed by atoms with E-state index in [1.807, 2.05) is 84.9 Å². The summed E-state index contributed by atoms with van der Waals surface area (Å²) in [7, 11) is 0. The first-order valence-corrected chi connectivity index (χ1v) is 19.8. The van der Waals surface area contributed by atoms with Crippen molar-refractivity contribution in [1.29, 1.82) is 10.5 Å². The molecule has 2 heterocycles. The molecule has 4 heteroatoms. The Bertz CT molecular complexity index is 3370. The zero-order valence-electron chi connectivity index (χ0n) is 32.2. The minimum absolute atomic E-state index is 0.580. The van der Waals surface area contributed by atoms with Crippen LogP contribution >= 0.6 is 0 Å². The molecule has 9 aromatic carbocycles. The maximum Gasteiger partial charge on any atom is 0.135 e. The first-order chi connectivity index (χ1) is 29.6. The van der Waals surface area contributed by atoms with Gasteiger partial charge in [0.05, 0.1) is 23.3 Å². The van der Waals surface area contributed by atoms with E-state index in [1.54, 1.807) is 0 Å². The van der Waals surface area contributed by atoms with Crippen LogP contribution < -0.4 is 0 Å². The fourth-order valence-corrected chi connectivity index (χ4v) is 8.74. The molecule has 0 aliphatic rings. The van der Waals surface area contributed by atoms with Crippen LogP contribution in [0.15, 0.2) is 203 Å². The second kappa shape index (κ2) is 14.2. The number of furan rings is 2. The van der Waals surface area contributed by atoms with E-state index in [2.05, 4.69) is 121 Å². The Morgan fingerprint density at radius 1 is 0.283 bits per heavy atom. The Balaban J connectivity index is 1.25. The van der Waals surface area contributed by atoms with Crippen molar-refractivity contribution in [3.05, 3.63) is 205 Å². The highest BCUT2D eigenvalue weighted by atomic mass is 16.3. The van der Waals surface area contributed by atoms with Crippen LogP contribution in [0.2, 0.25) is 0 Å². The third-order valence-corrected chi connectivity index (χ3v) is 11.6. The SMILES string of the molecule is N#Cc1ccccc1-c1cc(-c2cc(-c3ccc4oc5ccccc5c4c3)c(-c3ccccc3)c(-c3ccc4oc5ccccc5c4c3)c2)cc(-c2ccccc2C#N)c1. The summed E-state index contributed by atoms with van der Waals surface area (Å²) in [5.41, 5.74) is 16.3. The van der Waals surface area contributed by atoms with Gasteiger partial charge in [-0.1, -0.05) is 115 Å². The summed E-state index contributed by atoms with van der Waals surface area (Å²) in [5, 5.41) is 24.7. The summed E-state index contributed by atoms with van der Waals surface area (Å²) in [5.74, 6) is 0. The molecule has 0 saturated carbocycles. The summed E-state index contributed by atoms with van der Waals surface area (Å²) < 4.78 is 12.6. The van der Waals surface area contributed by atoms with E-state index in [0.717, 1.165) is 111 Å². The van der Waals surface area contributed by atoms with Crippen molar-refractivity contribution >= 4 is 43.9 Å². The largest absolute Gasteiger partial charge is 0.456 e. The Kier molecular flexibility index (Phi) is 8.22. The van der Waals surface area contributed by atoms with Crippen molar-refractivity contribution in [2.45, 2.75) is 0 Å². The lowest BCUT2D eigenvalue weighted by Gasteiger charge is -2.20. The minimum atomic E-state index is 0.580. The van der Waals surface area contributed by atoms with Gasteiger partial charge in [0.25, 0.3) is 0 Å². The average Bonchev–Trinajstić information content (AvgIpc) is 3.89. The van der Waals surface area contributed by atoms with Gasteiger partial charge in [-0.05, 0) is 146 Å². The molecule has 0 radical (unpaired) electrons. The van der Waals surface area contributed by atoms with Crippen molar-refractivity contribution in [2.75, 3.05) is 0 Å². The first-order valence-electron chi connectivity index (χ1n) is 19.8. The van der Waals surface area contributed by atoms with Crippen LogP contribution in [0, 0.1) is 22.7 Å². The lowest BCUT2D eigenvalue weighted by Crippen LogP contribution is -1.94. The predicted octanol–water partition coefficient (Wildman–Crippen LogP) is 15.2. The van der Waals surface area contributed by atoms with Crippen LogP contribution in [-0.4, -0.2) is 0 Å². The molecule has 0 aliphatic heterocycles. The normalized spacial score (nSPS) is 11.3. The van der Waals surface area contributed by atoms with Gasteiger partial charge in [0, 0.05) is 21.5 Å². The van der Waals surface area contributed by atoms with Gasteiger partial charge in [0.2, 0.25) is 0 Å². The highest BCUT2D eigenvalue weighted by Gasteiger charge is 2.21. The molecule has 2 aromatic heterocycles. The third kappa shape index (κ3) is 5.83. The molecule has 0 fully saturated rings. The molecule has 0 amide bonds. The Hall–Kier alpha value is -8.44. The van der Waals surface area contributed by atoms with E-state index < -0.39 is 0 Å². The van der Waals surface area contributed by atoms with Crippen molar-refractivity contribution < 1.29 is 8.83 Å². The predicted molar refractivity (Wildman–Crippen MR) is 243 cm³/mol. The van der Waals surface area contributed by atoms with Gasteiger partial charge in [-0.2, -0.15) is 10.5 Å². The number of hydrogen-bond acceptors (Lipinski definition) is 4. The second-order valence-electron chi connectivity index (χ2n) is 15.0. The van der Waals surface area contributed by atoms with Crippen molar-refractivity contribution in [3.8, 4) is 78.9 Å². The number of nitriles is 2. The minimum Gasteiger partial charge on any atom is -0.456 e. The molecule has 4 nitrogen and oxygen atoms in total. The van der Waals surface area contributed by atoms with E-state index in [-0.39, 0.29) is 0 Å². The zero-order chi connectivity index (χ0) is 40.2. The van der Waals surface area contributed by atoms with Crippen LogP contribution in [0.1, 0.15) is 11.1 Å². The van der Waals surface area contributed by atoms with Gasteiger partial charge in [-0.15, -0.1) is 0 Å². The summed E-state index contributed by atoms with van der Waals surface area (Å²) in [6.45, 7) is 0. The number of hydrogen-bond donors (Lipinski definition) is 0. The number of fused-ring (bicyclic) bond motifs is 6. The quantitative estimate of drug-likeness (QED) is 0.169. The van der Waals surface area contributed by atoms with Crippen LogP contribution in [0.25, 0.3) is 111 Å². The fourth-order valence-electron chi connectivity index (χ4n) is 8.74. The topological polar surface area (TPSA) is 73.9 Å². The summed E-state index contributed by atoms with van der Waals surface area (Å²) in [6, 6.07) is 71.1. The van der Waals surface area contributed by atoms with Gasteiger partial charge in [0.1, 0.15) is 22.3 Å². The van der Waals surface area contributed by atoms with Crippen LogP contribution in [0.5, 0.6) is 0 Å². The van der Waals surface area contributed by atoms with Crippen LogP contribution in [0.3, 0.4) is 0 Å². The van der Waals surface area contributed by atoms with Crippen LogP contribution in [0.4, 0.5) is 0 Å². The molecule has 11 rings (SSSR count). The Morgan fingerprint density at radius 3 is 1.22 bits per heavy atom. The molecule has 0 atom stereocenters. The lowest BCUT2D eigenvalue weighted by molar-refractivity contribution is 0.668. The molecule has 0 aliphatic carbocycles. The van der Waals surface area contributed by atoms with Gasteiger partial charge in [-0.25, -0.2) is 0 Å². The van der Waals surface area contributed by atoms with Crippen molar-refractivity contribution in [1.82, 2.24) is 0 Å². The molecule has 278 valence electrons. The number of para-hydroxylation sites is 2. The highest BCUT2D eigenvalue weighted by molar-refractivity contribution is 6.10. The summed E-state index contributed by atoms with van der Waals surface area (Å²) in [4.78, 5) is 0. The van der Waals surface area contributed by atoms with E-state index in [4.69, 9.17) is 8.83 Å². The van der Waals surface area contributed by atoms with Gasteiger partial charge in [0.15, 0.2) is 0 Å².